The first-order valence-electron chi connectivity index (χ1n) is 9.32. The number of hydrogen-bond acceptors (Lipinski definition) is 5. The molecule has 2 bridgehead atoms. The quantitative estimate of drug-likeness (QED) is 0.803. The fourth-order valence-electron chi connectivity index (χ4n) is 5.70. The van der Waals surface area contributed by atoms with Crippen LogP contribution in [0.4, 0.5) is 0 Å². The summed E-state index contributed by atoms with van der Waals surface area (Å²) < 4.78 is 31.9. The van der Waals surface area contributed by atoms with E-state index < -0.39 is 15.4 Å². The molecule has 140 valence electrons. The molecule has 0 spiro atoms. The van der Waals surface area contributed by atoms with Crippen LogP contribution in [-0.2, 0) is 15.4 Å². The minimum absolute atomic E-state index is 0.114. The molecule has 3 aliphatic heterocycles. The second kappa shape index (κ2) is 5.28. The molecule has 1 aromatic rings. The molecule has 4 fully saturated rings. The summed E-state index contributed by atoms with van der Waals surface area (Å²) >= 11 is 0. The highest BCUT2D eigenvalue weighted by Crippen LogP contribution is 2.51. The summed E-state index contributed by atoms with van der Waals surface area (Å²) in [4.78, 5) is 4.76. The fraction of sp³-hybridized carbons (Fsp3) is 0.889. The zero-order valence-corrected chi connectivity index (χ0v) is 16.5. The summed E-state index contributed by atoms with van der Waals surface area (Å²) in [5.74, 6) is 1.72. The normalized spacial score (nSPS) is 36.4. The third-order valence-electron chi connectivity index (χ3n) is 6.35. The first kappa shape index (κ1) is 17.5. The van der Waals surface area contributed by atoms with E-state index in [4.69, 9.17) is 9.51 Å². The second-order valence-corrected chi connectivity index (χ2v) is 12.0. The molecule has 5 rings (SSSR count). The SMILES string of the molecule is CC1(C)CC(c2noc(C34CCN(CC3)S(=O)(=O)C4)n2)CC(C)(C)C1. The number of sulfonamides is 1. The van der Waals surface area contributed by atoms with E-state index >= 15 is 0 Å². The average Bonchev–Trinajstić information content (AvgIpc) is 2.94. The molecule has 6 nitrogen and oxygen atoms in total. The number of aromatic nitrogens is 2. The topological polar surface area (TPSA) is 76.3 Å². The second-order valence-electron chi connectivity index (χ2n) is 10.0. The highest BCUT2D eigenvalue weighted by atomic mass is 32.2. The van der Waals surface area contributed by atoms with E-state index in [1.807, 2.05) is 0 Å². The molecular formula is C18H29N3O3S. The zero-order chi connectivity index (χ0) is 18.1. The third-order valence-corrected chi connectivity index (χ3v) is 8.42. The molecule has 25 heavy (non-hydrogen) atoms. The van der Waals surface area contributed by atoms with Crippen molar-refractivity contribution in [3.8, 4) is 0 Å². The summed E-state index contributed by atoms with van der Waals surface area (Å²) in [6.07, 6.45) is 4.87. The zero-order valence-electron chi connectivity index (χ0n) is 15.7. The van der Waals surface area contributed by atoms with Crippen LogP contribution in [0.5, 0.6) is 0 Å². The van der Waals surface area contributed by atoms with E-state index in [1.54, 1.807) is 4.31 Å². The maximum atomic E-state index is 12.3. The predicted molar refractivity (Wildman–Crippen MR) is 94.7 cm³/mol. The Bertz CT molecular complexity index is 757. The summed E-state index contributed by atoms with van der Waals surface area (Å²) in [6.45, 7) is 10.4. The standard InChI is InChI=1S/C18H29N3O3S/c1-16(2)9-13(10-17(3,4)11-16)14-19-15(24-20-14)18-5-7-21(8-6-18)25(22,23)12-18/h13H,5-12H2,1-4H3. The molecule has 4 aliphatic rings. The molecule has 1 saturated carbocycles. The van der Waals surface area contributed by atoms with Gasteiger partial charge >= 0.3 is 0 Å². The molecule has 1 aliphatic carbocycles. The van der Waals surface area contributed by atoms with Crippen molar-refractivity contribution in [3.63, 3.8) is 0 Å². The molecule has 3 saturated heterocycles. The summed E-state index contributed by atoms with van der Waals surface area (Å²) in [7, 11) is -3.18. The van der Waals surface area contributed by atoms with Crippen molar-refractivity contribution >= 4 is 10.0 Å². The number of fused-ring (bicyclic) bond motifs is 3. The van der Waals surface area contributed by atoms with E-state index in [1.165, 1.54) is 6.42 Å². The van der Waals surface area contributed by atoms with E-state index in [2.05, 4.69) is 32.9 Å². The van der Waals surface area contributed by atoms with Gasteiger partial charge < -0.3 is 4.52 Å². The van der Waals surface area contributed by atoms with Gasteiger partial charge in [-0.1, -0.05) is 32.9 Å². The van der Waals surface area contributed by atoms with Gasteiger partial charge in [-0.25, -0.2) is 12.7 Å². The third kappa shape index (κ3) is 3.03. The Morgan fingerprint density at radius 1 is 1.08 bits per heavy atom. The van der Waals surface area contributed by atoms with Gasteiger partial charge in [0.05, 0.1) is 11.2 Å². The first-order chi connectivity index (χ1) is 11.5. The van der Waals surface area contributed by atoms with E-state index in [0.717, 1.165) is 31.5 Å². The Hall–Kier alpha value is -0.950. The van der Waals surface area contributed by atoms with Crippen LogP contribution in [0.25, 0.3) is 0 Å². The van der Waals surface area contributed by atoms with Crippen molar-refractivity contribution in [2.24, 2.45) is 10.8 Å². The van der Waals surface area contributed by atoms with Gasteiger partial charge in [0.1, 0.15) is 0 Å². The smallest absolute Gasteiger partial charge is 0.234 e. The lowest BCUT2D eigenvalue weighted by molar-refractivity contribution is 0.0931. The van der Waals surface area contributed by atoms with Crippen molar-refractivity contribution in [2.45, 2.75) is 71.1 Å². The Kier molecular flexibility index (Phi) is 3.69. The van der Waals surface area contributed by atoms with Crippen molar-refractivity contribution in [1.82, 2.24) is 14.4 Å². The summed E-state index contributed by atoms with van der Waals surface area (Å²) in [5.41, 5.74) is 0.0363. The number of nitrogens with zero attached hydrogens (tertiary/aromatic N) is 3. The minimum Gasteiger partial charge on any atom is -0.339 e. The highest BCUT2D eigenvalue weighted by Gasteiger charge is 2.52. The first-order valence-corrected chi connectivity index (χ1v) is 10.9. The monoisotopic (exact) mass is 367 g/mol. The van der Waals surface area contributed by atoms with Crippen LogP contribution in [-0.4, -0.2) is 41.7 Å². The molecule has 1 aromatic heterocycles. The van der Waals surface area contributed by atoms with Crippen LogP contribution in [0.2, 0.25) is 0 Å². The van der Waals surface area contributed by atoms with Crippen molar-refractivity contribution in [3.05, 3.63) is 11.7 Å². The molecule has 4 heterocycles. The molecule has 0 amide bonds. The Labute approximate surface area is 150 Å². The van der Waals surface area contributed by atoms with Crippen LogP contribution in [0.1, 0.15) is 77.4 Å². The Morgan fingerprint density at radius 3 is 2.24 bits per heavy atom. The summed E-state index contributed by atoms with van der Waals surface area (Å²) in [6, 6.07) is 0. The molecule has 0 N–H and O–H groups in total. The lowest BCUT2D eigenvalue weighted by Crippen LogP contribution is -2.56. The van der Waals surface area contributed by atoms with Crippen molar-refractivity contribution < 1.29 is 12.9 Å². The maximum absolute atomic E-state index is 12.3. The number of rotatable bonds is 2. The molecule has 0 aromatic carbocycles. The van der Waals surface area contributed by atoms with E-state index in [-0.39, 0.29) is 22.5 Å². The number of piperidine rings is 1. The molecule has 7 heteroatoms. The van der Waals surface area contributed by atoms with Gasteiger partial charge in [0, 0.05) is 19.0 Å². The van der Waals surface area contributed by atoms with Gasteiger partial charge in [-0.05, 0) is 42.9 Å². The minimum atomic E-state index is -3.18. The van der Waals surface area contributed by atoms with Gasteiger partial charge in [0.25, 0.3) is 0 Å². The molecule has 0 unspecified atom stereocenters. The molecular weight excluding hydrogens is 338 g/mol. The van der Waals surface area contributed by atoms with E-state index in [0.29, 0.717) is 19.0 Å². The summed E-state index contributed by atoms with van der Waals surface area (Å²) in [5, 5.41) is 4.31. The fourth-order valence-corrected chi connectivity index (χ4v) is 7.73. The lowest BCUT2D eigenvalue weighted by Gasteiger charge is -2.45. The van der Waals surface area contributed by atoms with Crippen LogP contribution in [0.3, 0.4) is 0 Å². The van der Waals surface area contributed by atoms with Gasteiger partial charge in [-0.3, -0.25) is 0 Å². The van der Waals surface area contributed by atoms with Crippen molar-refractivity contribution in [1.29, 1.82) is 0 Å². The lowest BCUT2D eigenvalue weighted by atomic mass is 9.61. The Balaban J connectivity index is 1.62. The molecule has 0 radical (unpaired) electrons. The number of hydrogen-bond donors (Lipinski definition) is 0. The van der Waals surface area contributed by atoms with Crippen LogP contribution in [0, 0.1) is 10.8 Å². The van der Waals surface area contributed by atoms with Crippen LogP contribution in [0.15, 0.2) is 4.52 Å². The average molecular weight is 368 g/mol. The largest absolute Gasteiger partial charge is 0.339 e. The van der Waals surface area contributed by atoms with Crippen molar-refractivity contribution in [2.75, 3.05) is 18.8 Å². The van der Waals surface area contributed by atoms with Gasteiger partial charge in [-0.2, -0.15) is 4.98 Å². The van der Waals surface area contributed by atoms with Crippen LogP contribution >= 0.6 is 0 Å². The molecule has 0 atom stereocenters. The van der Waals surface area contributed by atoms with Gasteiger partial charge in [-0.15, -0.1) is 0 Å². The van der Waals surface area contributed by atoms with Gasteiger partial charge in [0.2, 0.25) is 15.9 Å². The van der Waals surface area contributed by atoms with Gasteiger partial charge in [0.15, 0.2) is 5.82 Å². The predicted octanol–water partition coefficient (Wildman–Crippen LogP) is 3.07. The van der Waals surface area contributed by atoms with Crippen LogP contribution < -0.4 is 0 Å². The Morgan fingerprint density at radius 2 is 1.68 bits per heavy atom. The maximum Gasteiger partial charge on any atom is 0.234 e. The van der Waals surface area contributed by atoms with E-state index in [9.17, 15) is 8.42 Å². The highest BCUT2D eigenvalue weighted by molar-refractivity contribution is 7.89.